The summed E-state index contributed by atoms with van der Waals surface area (Å²) in [5.74, 6) is 2.47. The first-order valence-corrected chi connectivity index (χ1v) is 11.5. The first-order chi connectivity index (χ1) is 17.0. The standard InChI is InChI=1S/C26H32N2O7/c1-17-24(28(26(17)29)19-15-22(31-3)25(33-5)23(16-19)32-4)18-6-7-20(30-2)21(14-18)35-13-10-27-8-11-34-12-9-27/h6-7,14-16,24H,1,8-13H2,2-5H3/t24-/m1/s1. The highest BCUT2D eigenvalue weighted by Crippen LogP contribution is 2.48. The molecule has 2 saturated heterocycles. The minimum Gasteiger partial charge on any atom is -0.493 e. The summed E-state index contributed by atoms with van der Waals surface area (Å²) in [6.07, 6.45) is 0. The lowest BCUT2D eigenvalue weighted by molar-refractivity contribution is -0.119. The molecule has 0 N–H and O–H groups in total. The molecule has 9 nitrogen and oxygen atoms in total. The molecule has 0 spiro atoms. The van der Waals surface area contributed by atoms with E-state index in [4.69, 9.17) is 28.4 Å². The molecule has 2 aromatic carbocycles. The van der Waals surface area contributed by atoms with Gasteiger partial charge in [0.15, 0.2) is 23.0 Å². The molecule has 0 unspecified atom stereocenters. The predicted octanol–water partition coefficient (Wildman–Crippen LogP) is 3.08. The largest absolute Gasteiger partial charge is 0.493 e. The van der Waals surface area contributed by atoms with Gasteiger partial charge in [-0.15, -0.1) is 0 Å². The molecule has 2 aromatic rings. The van der Waals surface area contributed by atoms with Gasteiger partial charge in [0.25, 0.3) is 5.91 Å². The Morgan fingerprint density at radius 2 is 1.57 bits per heavy atom. The van der Waals surface area contributed by atoms with Gasteiger partial charge in [0.05, 0.1) is 53.4 Å². The Labute approximate surface area is 205 Å². The third-order valence-corrected chi connectivity index (χ3v) is 6.28. The van der Waals surface area contributed by atoms with Crippen LogP contribution in [0.4, 0.5) is 5.69 Å². The second kappa shape index (κ2) is 10.9. The van der Waals surface area contributed by atoms with Crippen molar-refractivity contribution in [3.8, 4) is 28.7 Å². The Hall–Kier alpha value is -3.43. The van der Waals surface area contributed by atoms with Gasteiger partial charge in [-0.25, -0.2) is 0 Å². The molecule has 1 atom stereocenters. The maximum absolute atomic E-state index is 12.9. The molecule has 0 bridgehead atoms. The summed E-state index contributed by atoms with van der Waals surface area (Å²) in [5.41, 5.74) is 1.97. The number of carbonyl (C=O) groups is 1. The number of anilines is 1. The number of carbonyl (C=O) groups excluding carboxylic acids is 1. The maximum Gasteiger partial charge on any atom is 0.256 e. The number of hydrogen-bond donors (Lipinski definition) is 0. The van der Waals surface area contributed by atoms with Gasteiger partial charge in [0, 0.05) is 37.3 Å². The molecule has 35 heavy (non-hydrogen) atoms. The van der Waals surface area contributed by atoms with Gasteiger partial charge in [-0.1, -0.05) is 12.6 Å². The fourth-order valence-corrected chi connectivity index (χ4v) is 4.39. The molecule has 0 aromatic heterocycles. The van der Waals surface area contributed by atoms with E-state index in [1.165, 1.54) is 7.11 Å². The zero-order valence-corrected chi connectivity index (χ0v) is 20.7. The Morgan fingerprint density at radius 3 is 2.17 bits per heavy atom. The Balaban J connectivity index is 1.59. The second-order valence-corrected chi connectivity index (χ2v) is 8.20. The van der Waals surface area contributed by atoms with Crippen LogP contribution in [0.3, 0.4) is 0 Å². The summed E-state index contributed by atoms with van der Waals surface area (Å²) in [5, 5.41) is 0. The van der Waals surface area contributed by atoms with Crippen molar-refractivity contribution in [1.82, 2.24) is 4.90 Å². The number of morpholine rings is 1. The second-order valence-electron chi connectivity index (χ2n) is 8.20. The van der Waals surface area contributed by atoms with Gasteiger partial charge in [-0.05, 0) is 17.7 Å². The molecule has 0 aliphatic carbocycles. The van der Waals surface area contributed by atoms with Crippen LogP contribution < -0.4 is 28.6 Å². The topological polar surface area (TPSA) is 78.9 Å². The van der Waals surface area contributed by atoms with Crippen molar-refractivity contribution in [2.24, 2.45) is 0 Å². The lowest BCUT2D eigenvalue weighted by atomic mass is 9.88. The smallest absolute Gasteiger partial charge is 0.256 e. The van der Waals surface area contributed by atoms with Gasteiger partial charge in [-0.2, -0.15) is 0 Å². The molecular weight excluding hydrogens is 452 g/mol. The number of nitrogens with zero attached hydrogens (tertiary/aromatic N) is 2. The summed E-state index contributed by atoms with van der Waals surface area (Å²) in [4.78, 5) is 16.9. The third-order valence-electron chi connectivity index (χ3n) is 6.28. The normalized spacial score (nSPS) is 18.2. The van der Waals surface area contributed by atoms with Gasteiger partial charge in [0.2, 0.25) is 5.75 Å². The minimum absolute atomic E-state index is 0.171. The first kappa shape index (κ1) is 24.7. The van der Waals surface area contributed by atoms with E-state index in [2.05, 4.69) is 11.5 Å². The molecule has 1 amide bonds. The van der Waals surface area contributed by atoms with Crippen LogP contribution in [0.25, 0.3) is 0 Å². The fourth-order valence-electron chi connectivity index (χ4n) is 4.39. The van der Waals surface area contributed by atoms with Crippen LogP contribution in [-0.2, 0) is 9.53 Å². The summed E-state index contributed by atoms with van der Waals surface area (Å²) >= 11 is 0. The molecule has 0 radical (unpaired) electrons. The van der Waals surface area contributed by atoms with Gasteiger partial charge < -0.3 is 28.4 Å². The highest BCUT2D eigenvalue weighted by atomic mass is 16.5. The van der Waals surface area contributed by atoms with E-state index in [1.807, 2.05) is 18.2 Å². The molecule has 0 saturated carbocycles. The SMILES string of the molecule is C=C1C(=O)N(c2cc(OC)c(OC)c(OC)c2)[C@H]1c1ccc(OC)c(OCCN2CCOCC2)c1. The third kappa shape index (κ3) is 4.87. The molecular formula is C26H32N2O7. The maximum atomic E-state index is 12.9. The van der Waals surface area contributed by atoms with Crippen molar-refractivity contribution in [3.63, 3.8) is 0 Å². The van der Waals surface area contributed by atoms with E-state index in [0.29, 0.717) is 46.6 Å². The first-order valence-electron chi connectivity index (χ1n) is 11.5. The highest BCUT2D eigenvalue weighted by Gasteiger charge is 2.43. The lowest BCUT2D eigenvalue weighted by Crippen LogP contribution is -2.48. The zero-order valence-electron chi connectivity index (χ0n) is 20.7. The summed E-state index contributed by atoms with van der Waals surface area (Å²) in [7, 11) is 6.23. The Kier molecular flexibility index (Phi) is 7.67. The van der Waals surface area contributed by atoms with Crippen molar-refractivity contribution >= 4 is 11.6 Å². The molecule has 2 aliphatic heterocycles. The van der Waals surface area contributed by atoms with E-state index >= 15 is 0 Å². The highest BCUT2D eigenvalue weighted by molar-refractivity contribution is 6.15. The van der Waals surface area contributed by atoms with E-state index in [9.17, 15) is 4.79 Å². The van der Waals surface area contributed by atoms with Gasteiger partial charge in [0.1, 0.15) is 6.61 Å². The zero-order chi connectivity index (χ0) is 24.9. The van der Waals surface area contributed by atoms with Crippen LogP contribution in [0.2, 0.25) is 0 Å². The fraction of sp³-hybridized carbons (Fsp3) is 0.423. The van der Waals surface area contributed by atoms with Crippen molar-refractivity contribution in [2.75, 3.05) is 72.8 Å². The number of amides is 1. The van der Waals surface area contributed by atoms with Crippen LogP contribution in [0.5, 0.6) is 28.7 Å². The molecule has 2 fully saturated rings. The average molecular weight is 485 g/mol. The minimum atomic E-state index is -0.363. The van der Waals surface area contributed by atoms with Crippen molar-refractivity contribution < 1.29 is 33.2 Å². The predicted molar refractivity (Wildman–Crippen MR) is 131 cm³/mol. The van der Waals surface area contributed by atoms with Gasteiger partial charge in [-0.3, -0.25) is 14.6 Å². The van der Waals surface area contributed by atoms with Crippen molar-refractivity contribution in [1.29, 1.82) is 0 Å². The molecule has 4 rings (SSSR count). The number of ether oxygens (including phenoxy) is 6. The van der Waals surface area contributed by atoms with Crippen molar-refractivity contribution in [3.05, 3.63) is 48.0 Å². The summed E-state index contributed by atoms with van der Waals surface area (Å²) in [6, 6.07) is 8.82. The number of β-lactam (4-membered cyclic amide) rings is 1. The van der Waals surface area contributed by atoms with E-state index < -0.39 is 0 Å². The van der Waals surface area contributed by atoms with E-state index in [0.717, 1.165) is 38.4 Å². The van der Waals surface area contributed by atoms with Crippen LogP contribution >= 0.6 is 0 Å². The summed E-state index contributed by atoms with van der Waals surface area (Å²) < 4.78 is 33.4. The van der Waals surface area contributed by atoms with Crippen LogP contribution in [-0.4, -0.2) is 78.7 Å². The quantitative estimate of drug-likeness (QED) is 0.376. The molecule has 188 valence electrons. The number of methoxy groups -OCH3 is 4. The van der Waals surface area contributed by atoms with E-state index in [1.54, 1.807) is 38.4 Å². The molecule has 2 aliphatic rings. The Bertz CT molecular complexity index is 1060. The number of hydrogen-bond acceptors (Lipinski definition) is 8. The van der Waals surface area contributed by atoms with E-state index in [-0.39, 0.29) is 11.9 Å². The van der Waals surface area contributed by atoms with Gasteiger partial charge >= 0.3 is 0 Å². The number of benzene rings is 2. The van der Waals surface area contributed by atoms with Crippen LogP contribution in [0, 0.1) is 0 Å². The number of rotatable bonds is 10. The average Bonchev–Trinajstić information content (AvgIpc) is 2.90. The van der Waals surface area contributed by atoms with Crippen LogP contribution in [0.1, 0.15) is 11.6 Å². The molecule has 9 heteroatoms. The molecule has 2 heterocycles. The Morgan fingerprint density at radius 1 is 0.914 bits per heavy atom. The van der Waals surface area contributed by atoms with Crippen molar-refractivity contribution in [2.45, 2.75) is 6.04 Å². The monoisotopic (exact) mass is 484 g/mol. The summed E-state index contributed by atoms with van der Waals surface area (Å²) in [6.45, 7) is 8.61. The van der Waals surface area contributed by atoms with Crippen LogP contribution in [0.15, 0.2) is 42.5 Å². The lowest BCUT2D eigenvalue weighted by Gasteiger charge is -2.43.